The Morgan fingerprint density at radius 2 is 1.92 bits per heavy atom. The zero-order valence-electron chi connectivity index (χ0n) is 14.5. The number of rotatable bonds is 2. The van der Waals surface area contributed by atoms with Crippen molar-refractivity contribution in [2.75, 3.05) is 11.9 Å². The first-order valence-electron chi connectivity index (χ1n) is 8.67. The van der Waals surface area contributed by atoms with Crippen molar-refractivity contribution in [3.8, 4) is 0 Å². The largest absolute Gasteiger partial charge is 0.348 e. The molecule has 132 valence electrons. The van der Waals surface area contributed by atoms with Crippen molar-refractivity contribution in [2.45, 2.75) is 19.5 Å². The van der Waals surface area contributed by atoms with E-state index in [0.29, 0.717) is 6.54 Å². The molecule has 0 spiro atoms. The second kappa shape index (κ2) is 6.67. The van der Waals surface area contributed by atoms with Crippen LogP contribution in [0.25, 0.3) is 0 Å². The normalized spacial score (nSPS) is 16.2. The van der Waals surface area contributed by atoms with Crippen LogP contribution in [0.4, 0.5) is 14.9 Å². The molecular weight excluding hydrogens is 329 g/mol. The lowest BCUT2D eigenvalue weighted by Gasteiger charge is -2.37. The minimum absolute atomic E-state index is 0.180. The molecule has 0 fully saturated rings. The Morgan fingerprint density at radius 3 is 2.73 bits per heavy atom. The van der Waals surface area contributed by atoms with E-state index in [1.807, 2.05) is 55.6 Å². The Hall–Kier alpha value is -3.08. The van der Waals surface area contributed by atoms with E-state index >= 15 is 0 Å². The highest BCUT2D eigenvalue weighted by Gasteiger charge is 2.32. The molecular formula is C21H20FN3O. The van der Waals surface area contributed by atoms with Gasteiger partial charge >= 0.3 is 6.03 Å². The van der Waals surface area contributed by atoms with Gasteiger partial charge in [0.05, 0.1) is 6.04 Å². The van der Waals surface area contributed by atoms with Gasteiger partial charge in [-0.1, -0.05) is 30.3 Å². The molecule has 1 N–H and O–H groups in total. The topological polar surface area (TPSA) is 37.3 Å². The standard InChI is InChI=1S/C21H20FN3O/c1-15-6-2-3-9-18(15)23-21(26)25-13-12-24-11-5-10-19(24)20(25)16-7-4-8-17(22)14-16/h2-11,14,20H,12-13H2,1H3,(H,23,26)/t20-/m1/s1. The number of urea groups is 1. The number of nitrogens with one attached hydrogen (secondary N) is 1. The van der Waals surface area contributed by atoms with Crippen LogP contribution in [0.1, 0.15) is 22.9 Å². The van der Waals surface area contributed by atoms with Gasteiger partial charge in [0, 0.05) is 30.7 Å². The quantitative estimate of drug-likeness (QED) is 0.723. The fraction of sp³-hybridized carbons (Fsp3) is 0.190. The van der Waals surface area contributed by atoms with E-state index in [4.69, 9.17) is 0 Å². The summed E-state index contributed by atoms with van der Waals surface area (Å²) in [7, 11) is 0. The number of aryl methyl sites for hydroxylation is 1. The number of fused-ring (bicyclic) bond motifs is 1. The molecule has 1 atom stereocenters. The lowest BCUT2D eigenvalue weighted by atomic mass is 10.00. The van der Waals surface area contributed by atoms with Gasteiger partial charge < -0.3 is 14.8 Å². The van der Waals surface area contributed by atoms with Crippen LogP contribution in [0.2, 0.25) is 0 Å². The summed E-state index contributed by atoms with van der Waals surface area (Å²) in [4.78, 5) is 14.8. The molecule has 4 nitrogen and oxygen atoms in total. The van der Waals surface area contributed by atoms with Crippen LogP contribution in [0.15, 0.2) is 66.9 Å². The average Bonchev–Trinajstić information content (AvgIpc) is 3.11. The summed E-state index contributed by atoms with van der Waals surface area (Å²) < 4.78 is 15.9. The third kappa shape index (κ3) is 2.96. The molecule has 0 aliphatic carbocycles. The average molecular weight is 349 g/mol. The van der Waals surface area contributed by atoms with Gasteiger partial charge in [0.25, 0.3) is 0 Å². The zero-order chi connectivity index (χ0) is 18.1. The van der Waals surface area contributed by atoms with Crippen LogP contribution in [0.5, 0.6) is 0 Å². The summed E-state index contributed by atoms with van der Waals surface area (Å²) in [5.74, 6) is -0.301. The third-order valence-electron chi connectivity index (χ3n) is 4.85. The van der Waals surface area contributed by atoms with E-state index in [2.05, 4.69) is 9.88 Å². The van der Waals surface area contributed by atoms with Gasteiger partial charge in [0.15, 0.2) is 0 Å². The molecule has 2 aromatic carbocycles. The Balaban J connectivity index is 1.70. The maximum Gasteiger partial charge on any atom is 0.322 e. The van der Waals surface area contributed by atoms with Crippen molar-refractivity contribution in [2.24, 2.45) is 0 Å². The zero-order valence-corrected chi connectivity index (χ0v) is 14.5. The van der Waals surface area contributed by atoms with Crippen LogP contribution in [0.3, 0.4) is 0 Å². The maximum atomic E-state index is 13.8. The van der Waals surface area contributed by atoms with Crippen molar-refractivity contribution in [1.29, 1.82) is 0 Å². The number of hydrogen-bond donors (Lipinski definition) is 1. The number of nitrogens with zero attached hydrogens (tertiary/aromatic N) is 2. The molecule has 3 aromatic rings. The molecule has 1 aromatic heterocycles. The highest BCUT2D eigenvalue weighted by Crippen LogP contribution is 2.33. The molecule has 1 aliphatic rings. The van der Waals surface area contributed by atoms with Gasteiger partial charge in [-0.2, -0.15) is 0 Å². The molecule has 0 unspecified atom stereocenters. The highest BCUT2D eigenvalue weighted by molar-refractivity contribution is 5.90. The van der Waals surface area contributed by atoms with Crippen molar-refractivity contribution in [3.63, 3.8) is 0 Å². The van der Waals surface area contributed by atoms with Crippen LogP contribution in [0, 0.1) is 12.7 Å². The number of carbonyl (C=O) groups excluding carboxylic acids is 1. The Kier molecular flexibility index (Phi) is 4.21. The fourth-order valence-electron chi connectivity index (χ4n) is 3.53. The van der Waals surface area contributed by atoms with E-state index in [-0.39, 0.29) is 17.9 Å². The van der Waals surface area contributed by atoms with Gasteiger partial charge in [0.1, 0.15) is 5.82 Å². The monoisotopic (exact) mass is 349 g/mol. The summed E-state index contributed by atoms with van der Waals surface area (Å²) in [5.41, 5.74) is 3.55. The lowest BCUT2D eigenvalue weighted by molar-refractivity contribution is 0.181. The molecule has 0 bridgehead atoms. The lowest BCUT2D eigenvalue weighted by Crippen LogP contribution is -2.44. The highest BCUT2D eigenvalue weighted by atomic mass is 19.1. The predicted molar refractivity (Wildman–Crippen MR) is 99.6 cm³/mol. The first kappa shape index (κ1) is 16.4. The summed E-state index contributed by atoms with van der Waals surface area (Å²) in [6.07, 6.45) is 2.00. The van der Waals surface area contributed by atoms with E-state index in [9.17, 15) is 9.18 Å². The Morgan fingerprint density at radius 1 is 1.08 bits per heavy atom. The number of anilines is 1. The molecule has 1 aliphatic heterocycles. The van der Waals surface area contributed by atoms with Gasteiger partial charge in [-0.15, -0.1) is 0 Å². The molecule has 5 heteroatoms. The maximum absolute atomic E-state index is 13.8. The van der Waals surface area contributed by atoms with Gasteiger partial charge in [-0.05, 0) is 48.4 Å². The SMILES string of the molecule is Cc1ccccc1NC(=O)N1CCn2cccc2[C@H]1c1cccc(F)c1. The summed E-state index contributed by atoms with van der Waals surface area (Å²) in [6, 6.07) is 17.6. The molecule has 2 amide bonds. The van der Waals surface area contributed by atoms with Crippen LogP contribution in [-0.2, 0) is 6.54 Å². The minimum atomic E-state index is -0.321. The van der Waals surface area contributed by atoms with Crippen LogP contribution < -0.4 is 5.32 Å². The van der Waals surface area contributed by atoms with Gasteiger partial charge in [-0.3, -0.25) is 0 Å². The van der Waals surface area contributed by atoms with Crippen LogP contribution in [-0.4, -0.2) is 22.0 Å². The van der Waals surface area contributed by atoms with Crippen molar-refractivity contribution >= 4 is 11.7 Å². The minimum Gasteiger partial charge on any atom is -0.348 e. The number of halogens is 1. The molecule has 0 saturated heterocycles. The van der Waals surface area contributed by atoms with Gasteiger partial charge in [-0.25, -0.2) is 9.18 Å². The Bertz CT molecular complexity index is 950. The van der Waals surface area contributed by atoms with Gasteiger partial charge in [0.2, 0.25) is 0 Å². The first-order valence-corrected chi connectivity index (χ1v) is 8.67. The van der Waals surface area contributed by atoms with Crippen molar-refractivity contribution in [3.05, 3.63) is 89.5 Å². The smallest absolute Gasteiger partial charge is 0.322 e. The molecule has 2 heterocycles. The second-order valence-corrected chi connectivity index (χ2v) is 6.52. The number of para-hydroxylation sites is 1. The first-order chi connectivity index (χ1) is 12.6. The van der Waals surface area contributed by atoms with E-state index in [1.54, 1.807) is 11.0 Å². The summed E-state index contributed by atoms with van der Waals surface area (Å²) in [5, 5.41) is 3.00. The van der Waals surface area contributed by atoms with Crippen molar-refractivity contribution < 1.29 is 9.18 Å². The number of aromatic nitrogens is 1. The summed E-state index contributed by atoms with van der Waals surface area (Å²) >= 11 is 0. The van der Waals surface area contributed by atoms with E-state index < -0.39 is 0 Å². The number of amides is 2. The van der Waals surface area contributed by atoms with Crippen LogP contribution >= 0.6 is 0 Å². The second-order valence-electron chi connectivity index (χ2n) is 6.52. The van der Waals surface area contributed by atoms with E-state index in [0.717, 1.165) is 29.1 Å². The third-order valence-corrected chi connectivity index (χ3v) is 4.85. The Labute approximate surface area is 151 Å². The van der Waals surface area contributed by atoms with E-state index in [1.165, 1.54) is 12.1 Å². The number of carbonyl (C=O) groups is 1. The predicted octanol–water partition coefficient (Wildman–Crippen LogP) is 4.57. The molecule has 4 rings (SSSR count). The summed E-state index contributed by atoms with van der Waals surface area (Å²) in [6.45, 7) is 3.23. The number of benzene rings is 2. The molecule has 26 heavy (non-hydrogen) atoms. The van der Waals surface area contributed by atoms with Crippen molar-refractivity contribution in [1.82, 2.24) is 9.47 Å². The number of hydrogen-bond acceptors (Lipinski definition) is 1. The molecule has 0 saturated carbocycles. The molecule has 0 radical (unpaired) electrons. The fourth-order valence-corrected chi connectivity index (χ4v) is 3.53.